The first-order valence-corrected chi connectivity index (χ1v) is 6.18. The van der Waals surface area contributed by atoms with Gasteiger partial charge in [0.15, 0.2) is 0 Å². The van der Waals surface area contributed by atoms with E-state index < -0.39 is 5.97 Å². The predicted molar refractivity (Wildman–Crippen MR) is 68.6 cm³/mol. The Labute approximate surface area is 112 Å². The summed E-state index contributed by atoms with van der Waals surface area (Å²) in [5.41, 5.74) is 0. The van der Waals surface area contributed by atoms with E-state index in [1.807, 2.05) is 0 Å². The second-order valence-electron chi connectivity index (χ2n) is 4.19. The maximum atomic E-state index is 11.6. The highest BCUT2D eigenvalue weighted by Crippen LogP contribution is 2.02. The molecule has 0 fully saturated rings. The molecule has 0 atom stereocenters. The zero-order chi connectivity index (χ0) is 14.7. The molecule has 0 aromatic carbocycles. The van der Waals surface area contributed by atoms with E-state index in [-0.39, 0.29) is 31.2 Å². The number of likely N-dealkylation sites (N-methyl/N-ethyl adjacent to an activating group) is 1. The highest BCUT2D eigenvalue weighted by molar-refractivity contribution is 5.84. The number of hydrogen-bond donors (Lipinski definition) is 2. The summed E-state index contributed by atoms with van der Waals surface area (Å²) in [5, 5.41) is 11.1. The minimum absolute atomic E-state index is 0.00147. The molecule has 0 rings (SSSR count). The molecule has 0 heterocycles. The summed E-state index contributed by atoms with van der Waals surface area (Å²) in [6, 6.07) is 0. The summed E-state index contributed by atoms with van der Waals surface area (Å²) >= 11 is 0. The standard InChI is InChI=1S/C12H22N2O5/c1-14(9-10(15)13-7-8-19-2)11(16)5-3-4-6-12(17)18/h3-9H2,1-2H3,(H,13,15)(H,17,18). The molecule has 7 nitrogen and oxygen atoms in total. The number of hydrogen-bond acceptors (Lipinski definition) is 4. The van der Waals surface area contributed by atoms with Crippen LogP contribution in [0.4, 0.5) is 0 Å². The lowest BCUT2D eigenvalue weighted by Gasteiger charge is -2.16. The number of carboxylic acids is 1. The van der Waals surface area contributed by atoms with Gasteiger partial charge < -0.3 is 20.1 Å². The van der Waals surface area contributed by atoms with Crippen LogP contribution in [0.1, 0.15) is 25.7 Å². The van der Waals surface area contributed by atoms with Crippen LogP contribution < -0.4 is 5.32 Å². The van der Waals surface area contributed by atoms with Crippen molar-refractivity contribution in [2.75, 3.05) is 33.9 Å². The Kier molecular flexibility index (Phi) is 9.42. The van der Waals surface area contributed by atoms with Crippen LogP contribution in [0.3, 0.4) is 0 Å². The molecular formula is C12H22N2O5. The Morgan fingerprint density at radius 1 is 1.21 bits per heavy atom. The largest absolute Gasteiger partial charge is 0.481 e. The average Bonchev–Trinajstić information content (AvgIpc) is 2.34. The topological polar surface area (TPSA) is 95.9 Å². The number of unbranched alkanes of at least 4 members (excludes halogenated alkanes) is 1. The van der Waals surface area contributed by atoms with Crippen molar-refractivity contribution < 1.29 is 24.2 Å². The van der Waals surface area contributed by atoms with Crippen molar-refractivity contribution in [2.24, 2.45) is 0 Å². The van der Waals surface area contributed by atoms with E-state index in [2.05, 4.69) is 5.32 Å². The molecule has 0 aliphatic rings. The number of ether oxygens (including phenoxy) is 1. The number of aliphatic carboxylic acids is 1. The van der Waals surface area contributed by atoms with Crippen LogP contribution in [0.5, 0.6) is 0 Å². The monoisotopic (exact) mass is 274 g/mol. The number of rotatable bonds is 10. The van der Waals surface area contributed by atoms with Gasteiger partial charge in [-0.2, -0.15) is 0 Å². The van der Waals surface area contributed by atoms with Crippen molar-refractivity contribution in [1.82, 2.24) is 10.2 Å². The second-order valence-corrected chi connectivity index (χ2v) is 4.19. The van der Waals surface area contributed by atoms with E-state index in [9.17, 15) is 14.4 Å². The Morgan fingerprint density at radius 3 is 2.42 bits per heavy atom. The third-order valence-electron chi connectivity index (χ3n) is 2.47. The molecule has 0 saturated carbocycles. The number of carbonyl (C=O) groups excluding carboxylic acids is 2. The van der Waals surface area contributed by atoms with Crippen LogP contribution in [-0.2, 0) is 19.1 Å². The van der Waals surface area contributed by atoms with Crippen molar-refractivity contribution >= 4 is 17.8 Å². The summed E-state index contributed by atoms with van der Waals surface area (Å²) in [4.78, 5) is 34.7. The van der Waals surface area contributed by atoms with Gasteiger partial charge in [-0.3, -0.25) is 14.4 Å². The minimum Gasteiger partial charge on any atom is -0.481 e. The highest BCUT2D eigenvalue weighted by Gasteiger charge is 2.12. The van der Waals surface area contributed by atoms with Gasteiger partial charge in [0.25, 0.3) is 0 Å². The summed E-state index contributed by atoms with van der Waals surface area (Å²) < 4.78 is 4.79. The number of carbonyl (C=O) groups is 3. The summed E-state index contributed by atoms with van der Waals surface area (Å²) in [7, 11) is 3.09. The number of carboxylic acid groups (broad SMARTS) is 1. The van der Waals surface area contributed by atoms with E-state index in [0.29, 0.717) is 26.0 Å². The molecule has 0 aliphatic carbocycles. The van der Waals surface area contributed by atoms with Crippen LogP contribution in [-0.4, -0.2) is 61.6 Å². The molecule has 2 N–H and O–H groups in total. The molecule has 0 radical (unpaired) electrons. The lowest BCUT2D eigenvalue weighted by molar-refractivity contribution is -0.137. The van der Waals surface area contributed by atoms with E-state index >= 15 is 0 Å². The Bertz CT molecular complexity index is 306. The second kappa shape index (κ2) is 10.3. The van der Waals surface area contributed by atoms with E-state index in [0.717, 1.165) is 0 Å². The first kappa shape index (κ1) is 17.4. The fourth-order valence-corrected chi connectivity index (χ4v) is 1.40. The molecule has 19 heavy (non-hydrogen) atoms. The van der Waals surface area contributed by atoms with Crippen LogP contribution in [0.2, 0.25) is 0 Å². The number of nitrogens with zero attached hydrogens (tertiary/aromatic N) is 1. The molecule has 0 aromatic heterocycles. The fourth-order valence-electron chi connectivity index (χ4n) is 1.40. The van der Waals surface area contributed by atoms with Gasteiger partial charge in [0, 0.05) is 33.5 Å². The maximum Gasteiger partial charge on any atom is 0.303 e. The van der Waals surface area contributed by atoms with Gasteiger partial charge in [-0.25, -0.2) is 0 Å². The zero-order valence-corrected chi connectivity index (χ0v) is 11.5. The molecule has 0 spiro atoms. The van der Waals surface area contributed by atoms with Crippen LogP contribution in [0, 0.1) is 0 Å². The molecule has 0 saturated heterocycles. The van der Waals surface area contributed by atoms with Gasteiger partial charge in [0.1, 0.15) is 0 Å². The Hall–Kier alpha value is -1.63. The molecule has 110 valence electrons. The summed E-state index contributed by atoms with van der Waals surface area (Å²) in [6.07, 6.45) is 1.30. The molecular weight excluding hydrogens is 252 g/mol. The van der Waals surface area contributed by atoms with Crippen LogP contribution >= 0.6 is 0 Å². The van der Waals surface area contributed by atoms with E-state index in [4.69, 9.17) is 9.84 Å². The van der Waals surface area contributed by atoms with Crippen LogP contribution in [0.15, 0.2) is 0 Å². The highest BCUT2D eigenvalue weighted by atomic mass is 16.5. The van der Waals surface area contributed by atoms with E-state index in [1.165, 1.54) is 4.90 Å². The van der Waals surface area contributed by atoms with Crippen molar-refractivity contribution in [3.05, 3.63) is 0 Å². The van der Waals surface area contributed by atoms with Crippen molar-refractivity contribution in [3.8, 4) is 0 Å². The first-order chi connectivity index (χ1) is 8.97. The van der Waals surface area contributed by atoms with Crippen molar-refractivity contribution in [2.45, 2.75) is 25.7 Å². The SMILES string of the molecule is COCCNC(=O)CN(C)C(=O)CCCCC(=O)O. The van der Waals surface area contributed by atoms with Gasteiger partial charge in [0.2, 0.25) is 11.8 Å². The summed E-state index contributed by atoms with van der Waals surface area (Å²) in [6.45, 7) is 0.843. The first-order valence-electron chi connectivity index (χ1n) is 6.18. The summed E-state index contributed by atoms with van der Waals surface area (Å²) in [5.74, 6) is -1.26. The number of nitrogens with one attached hydrogen (secondary N) is 1. The van der Waals surface area contributed by atoms with Gasteiger partial charge in [-0.15, -0.1) is 0 Å². The van der Waals surface area contributed by atoms with Gasteiger partial charge in [0.05, 0.1) is 13.2 Å². The number of methoxy groups -OCH3 is 1. The third kappa shape index (κ3) is 10.0. The third-order valence-corrected chi connectivity index (χ3v) is 2.47. The van der Waals surface area contributed by atoms with Gasteiger partial charge >= 0.3 is 5.97 Å². The normalized spacial score (nSPS) is 10.0. The lowest BCUT2D eigenvalue weighted by Crippen LogP contribution is -2.39. The zero-order valence-electron chi connectivity index (χ0n) is 11.5. The number of amides is 2. The van der Waals surface area contributed by atoms with E-state index in [1.54, 1.807) is 14.2 Å². The Balaban J connectivity index is 3.74. The lowest BCUT2D eigenvalue weighted by atomic mass is 10.2. The Morgan fingerprint density at radius 2 is 1.84 bits per heavy atom. The maximum absolute atomic E-state index is 11.6. The average molecular weight is 274 g/mol. The smallest absolute Gasteiger partial charge is 0.303 e. The molecule has 0 unspecified atom stereocenters. The quantitative estimate of drug-likeness (QED) is 0.540. The minimum atomic E-state index is -0.863. The van der Waals surface area contributed by atoms with Crippen molar-refractivity contribution in [3.63, 3.8) is 0 Å². The predicted octanol–water partition coefficient (Wildman–Crippen LogP) is -0.148. The molecule has 0 aliphatic heterocycles. The van der Waals surface area contributed by atoms with Crippen LogP contribution in [0.25, 0.3) is 0 Å². The van der Waals surface area contributed by atoms with Gasteiger partial charge in [-0.1, -0.05) is 0 Å². The molecule has 7 heteroatoms. The molecule has 0 bridgehead atoms. The molecule has 0 aromatic rings. The fraction of sp³-hybridized carbons (Fsp3) is 0.750. The van der Waals surface area contributed by atoms with Crippen molar-refractivity contribution in [1.29, 1.82) is 0 Å². The van der Waals surface area contributed by atoms with Gasteiger partial charge in [-0.05, 0) is 12.8 Å². The molecule has 2 amide bonds.